The van der Waals surface area contributed by atoms with E-state index in [0.717, 1.165) is 19.3 Å². The second-order valence-corrected chi connectivity index (χ2v) is 6.75. The van der Waals surface area contributed by atoms with E-state index in [4.69, 9.17) is 10.5 Å². The van der Waals surface area contributed by atoms with Crippen molar-refractivity contribution in [1.82, 2.24) is 19.5 Å². The van der Waals surface area contributed by atoms with Crippen LogP contribution in [-0.2, 0) is 4.74 Å². The van der Waals surface area contributed by atoms with Crippen LogP contribution in [0, 0.1) is 0 Å². The molecule has 2 aromatic heterocycles. The largest absolute Gasteiger partial charge is 0.394 e. The number of anilines is 2. The number of hydrogen-bond acceptors (Lipinski definition) is 9. The monoisotopic (exact) mass is 392 g/mol. The predicted molar refractivity (Wildman–Crippen MR) is 105 cm³/mol. The van der Waals surface area contributed by atoms with E-state index in [-0.39, 0.29) is 5.82 Å². The highest BCUT2D eigenvalue weighted by atomic mass is 16.6. The van der Waals surface area contributed by atoms with Crippen molar-refractivity contribution in [2.75, 3.05) is 24.2 Å². The summed E-state index contributed by atoms with van der Waals surface area (Å²) < 4.78 is 7.24. The average molecular weight is 392 g/mol. The van der Waals surface area contributed by atoms with Gasteiger partial charge in [0.2, 0.25) is 5.95 Å². The van der Waals surface area contributed by atoms with Gasteiger partial charge in [0.05, 0.1) is 6.61 Å². The Hall–Kier alpha value is -2.27. The highest BCUT2D eigenvalue weighted by molar-refractivity contribution is 5.85. The predicted octanol–water partition coefficient (Wildman–Crippen LogP) is 0.655. The van der Waals surface area contributed by atoms with Crippen LogP contribution >= 0.6 is 0 Å². The van der Waals surface area contributed by atoms with Crippen molar-refractivity contribution in [3.63, 3.8) is 0 Å². The molecule has 2 unspecified atom stereocenters. The van der Waals surface area contributed by atoms with Gasteiger partial charge in [-0.25, -0.2) is 15.0 Å². The molecule has 1 aliphatic rings. The van der Waals surface area contributed by atoms with Gasteiger partial charge in [-0.2, -0.15) is 0 Å². The Balaban J connectivity index is 2.07. The molecule has 0 bridgehead atoms. The number of unbranched alkanes of at least 4 members (excludes halogenated alkanes) is 2. The SMILES string of the molecule is CCCC/C=C/c1nc(N)c2nc(NCC)n([C@@H]3O[C@H](CO)C(O)C3O)c2n1. The van der Waals surface area contributed by atoms with Crippen LogP contribution in [0.15, 0.2) is 6.08 Å². The van der Waals surface area contributed by atoms with E-state index in [1.807, 2.05) is 13.0 Å². The standard InChI is InChI=1S/C18H28N6O4/c1-3-5-6-7-8-11-21-15(19)12-16(22-11)24(18(23-12)20-4-2)17-14(27)13(26)10(9-25)28-17/h7-8,10,13-14,17,25-27H,3-6,9H2,1-2H3,(H,20,23)(H2,19,21,22)/b8-7+/t10-,13?,14?,17-/m1/s1. The van der Waals surface area contributed by atoms with Crippen LogP contribution in [0.25, 0.3) is 17.2 Å². The molecule has 1 saturated heterocycles. The van der Waals surface area contributed by atoms with Gasteiger partial charge in [-0.05, 0) is 19.4 Å². The zero-order valence-electron chi connectivity index (χ0n) is 16.1. The minimum Gasteiger partial charge on any atom is -0.394 e. The zero-order valence-corrected chi connectivity index (χ0v) is 16.1. The van der Waals surface area contributed by atoms with Crippen molar-refractivity contribution in [3.05, 3.63) is 11.9 Å². The number of fused-ring (bicyclic) bond motifs is 1. The van der Waals surface area contributed by atoms with Crippen molar-refractivity contribution in [3.8, 4) is 0 Å². The summed E-state index contributed by atoms with van der Waals surface area (Å²) in [4.78, 5) is 13.3. The molecule has 0 saturated carbocycles. The van der Waals surface area contributed by atoms with E-state index < -0.39 is 31.1 Å². The second kappa shape index (κ2) is 8.82. The summed E-state index contributed by atoms with van der Waals surface area (Å²) in [7, 11) is 0. The highest BCUT2D eigenvalue weighted by Gasteiger charge is 2.45. The number of nitrogens with zero attached hydrogens (tertiary/aromatic N) is 4. The van der Waals surface area contributed by atoms with Crippen LogP contribution in [-0.4, -0.2) is 66.3 Å². The molecule has 0 aromatic carbocycles. The number of ether oxygens (including phenoxy) is 1. The molecule has 1 fully saturated rings. The lowest BCUT2D eigenvalue weighted by Crippen LogP contribution is -2.33. The van der Waals surface area contributed by atoms with Crippen LogP contribution in [0.4, 0.5) is 11.8 Å². The summed E-state index contributed by atoms with van der Waals surface area (Å²) in [5, 5.41) is 33.1. The smallest absolute Gasteiger partial charge is 0.207 e. The molecule has 28 heavy (non-hydrogen) atoms. The molecule has 154 valence electrons. The number of aromatic nitrogens is 4. The van der Waals surface area contributed by atoms with Crippen LogP contribution in [0.3, 0.4) is 0 Å². The summed E-state index contributed by atoms with van der Waals surface area (Å²) in [5.41, 5.74) is 6.86. The summed E-state index contributed by atoms with van der Waals surface area (Å²) in [5.74, 6) is 1.03. The molecular weight excluding hydrogens is 364 g/mol. The van der Waals surface area contributed by atoms with Crippen LogP contribution in [0.5, 0.6) is 0 Å². The van der Waals surface area contributed by atoms with Crippen LogP contribution in [0.2, 0.25) is 0 Å². The summed E-state index contributed by atoms with van der Waals surface area (Å²) in [6.45, 7) is 4.17. The molecule has 6 N–H and O–H groups in total. The van der Waals surface area contributed by atoms with Crippen molar-refractivity contribution < 1.29 is 20.1 Å². The maximum absolute atomic E-state index is 10.5. The number of aliphatic hydroxyl groups excluding tert-OH is 3. The molecule has 3 rings (SSSR count). The lowest BCUT2D eigenvalue weighted by atomic mass is 10.1. The fourth-order valence-electron chi connectivity index (χ4n) is 3.22. The summed E-state index contributed by atoms with van der Waals surface area (Å²) in [6.07, 6.45) is 2.50. The van der Waals surface area contributed by atoms with Gasteiger partial charge < -0.3 is 31.1 Å². The number of nitrogens with two attached hydrogens (primary N) is 1. The first-order valence-electron chi connectivity index (χ1n) is 9.60. The fourth-order valence-corrected chi connectivity index (χ4v) is 3.22. The number of nitrogens with one attached hydrogen (secondary N) is 1. The van der Waals surface area contributed by atoms with Crippen molar-refractivity contribution in [2.45, 2.75) is 57.6 Å². The van der Waals surface area contributed by atoms with Crippen LogP contribution < -0.4 is 11.1 Å². The number of imidazole rings is 1. The maximum Gasteiger partial charge on any atom is 0.207 e. The fraction of sp³-hybridized carbons (Fsp3) is 0.611. The van der Waals surface area contributed by atoms with E-state index in [2.05, 4.69) is 27.2 Å². The molecule has 0 aliphatic carbocycles. The van der Waals surface area contributed by atoms with Crippen molar-refractivity contribution in [1.29, 1.82) is 0 Å². The van der Waals surface area contributed by atoms with Gasteiger partial charge in [-0.3, -0.25) is 4.57 Å². The third-order valence-electron chi connectivity index (χ3n) is 4.68. The van der Waals surface area contributed by atoms with E-state index in [0.29, 0.717) is 29.5 Å². The number of rotatable bonds is 8. The Labute approximate surface area is 163 Å². The molecule has 1 aliphatic heterocycles. The van der Waals surface area contributed by atoms with Gasteiger partial charge in [0.25, 0.3) is 0 Å². The molecule has 0 amide bonds. The third kappa shape index (κ3) is 3.81. The van der Waals surface area contributed by atoms with Gasteiger partial charge >= 0.3 is 0 Å². The Morgan fingerprint density at radius 3 is 2.64 bits per heavy atom. The summed E-state index contributed by atoms with van der Waals surface area (Å²) in [6, 6.07) is 0. The maximum atomic E-state index is 10.5. The Bertz CT molecular complexity index is 839. The van der Waals surface area contributed by atoms with E-state index in [9.17, 15) is 15.3 Å². The first kappa shape index (κ1) is 20.5. The van der Waals surface area contributed by atoms with Crippen molar-refractivity contribution >= 4 is 29.0 Å². The van der Waals surface area contributed by atoms with E-state index in [1.165, 1.54) is 0 Å². The molecule has 0 radical (unpaired) electrons. The first-order valence-corrected chi connectivity index (χ1v) is 9.60. The topological polar surface area (TPSA) is 152 Å². The van der Waals surface area contributed by atoms with Gasteiger partial charge in [0, 0.05) is 6.54 Å². The Morgan fingerprint density at radius 2 is 2.00 bits per heavy atom. The number of allylic oxidation sites excluding steroid dienone is 1. The molecule has 10 heteroatoms. The van der Waals surface area contributed by atoms with Gasteiger partial charge in [0.15, 0.2) is 29.0 Å². The normalized spacial score (nSPS) is 25.2. The van der Waals surface area contributed by atoms with Gasteiger partial charge in [-0.15, -0.1) is 0 Å². The highest BCUT2D eigenvalue weighted by Crippen LogP contribution is 2.35. The number of nitrogen functional groups attached to an aromatic ring is 1. The lowest BCUT2D eigenvalue weighted by Gasteiger charge is -2.19. The summed E-state index contributed by atoms with van der Waals surface area (Å²) >= 11 is 0. The van der Waals surface area contributed by atoms with Crippen LogP contribution in [0.1, 0.15) is 45.2 Å². The Kier molecular flexibility index (Phi) is 6.45. The van der Waals surface area contributed by atoms with E-state index in [1.54, 1.807) is 10.6 Å². The third-order valence-corrected chi connectivity index (χ3v) is 4.68. The zero-order chi connectivity index (χ0) is 20.3. The molecule has 3 heterocycles. The van der Waals surface area contributed by atoms with Gasteiger partial charge in [-0.1, -0.05) is 25.8 Å². The quantitative estimate of drug-likeness (QED) is 0.408. The van der Waals surface area contributed by atoms with Crippen molar-refractivity contribution in [2.24, 2.45) is 0 Å². The Morgan fingerprint density at radius 1 is 1.21 bits per heavy atom. The molecule has 0 spiro atoms. The molecular formula is C18H28N6O4. The molecule has 10 nitrogen and oxygen atoms in total. The molecule has 2 aromatic rings. The lowest BCUT2D eigenvalue weighted by molar-refractivity contribution is -0.0501. The minimum atomic E-state index is -1.26. The number of hydrogen-bond donors (Lipinski definition) is 5. The van der Waals surface area contributed by atoms with Gasteiger partial charge in [0.1, 0.15) is 18.3 Å². The van der Waals surface area contributed by atoms with E-state index >= 15 is 0 Å². The molecule has 4 atom stereocenters. The minimum absolute atomic E-state index is 0.213. The number of aliphatic hydroxyl groups is 3. The first-order chi connectivity index (χ1) is 13.5. The second-order valence-electron chi connectivity index (χ2n) is 6.75. The average Bonchev–Trinajstić information content (AvgIpc) is 3.17.